The maximum Gasteiger partial charge on any atom is 0.318 e. The van der Waals surface area contributed by atoms with Gasteiger partial charge in [0.15, 0.2) is 0 Å². The predicted molar refractivity (Wildman–Crippen MR) is 97.3 cm³/mol. The summed E-state index contributed by atoms with van der Waals surface area (Å²) in [7, 11) is 3.29. The SMILES string of the molecule is COc1ccc(OC)c(C2CCCN2C(=O)NCc2nc(C)cs2)c1. The molecular weight excluding hydrogens is 338 g/mol. The van der Waals surface area contributed by atoms with Crippen LogP contribution in [0.15, 0.2) is 23.6 Å². The summed E-state index contributed by atoms with van der Waals surface area (Å²) in [5.74, 6) is 1.54. The molecule has 0 bridgehead atoms. The van der Waals surface area contributed by atoms with Crippen molar-refractivity contribution >= 4 is 17.4 Å². The Bertz CT molecular complexity index is 747. The first kappa shape index (κ1) is 17.5. The number of benzene rings is 1. The Balaban J connectivity index is 1.74. The number of carbonyl (C=O) groups is 1. The molecule has 3 rings (SSSR count). The molecule has 7 heteroatoms. The third-order valence-electron chi connectivity index (χ3n) is 4.37. The number of urea groups is 1. The van der Waals surface area contributed by atoms with Crippen LogP contribution in [0, 0.1) is 6.92 Å². The number of methoxy groups -OCH3 is 2. The lowest BCUT2D eigenvalue weighted by Gasteiger charge is -2.26. The standard InChI is InChI=1S/C18H23N3O3S/c1-12-11-25-17(20-12)10-19-18(22)21-8-4-5-15(21)14-9-13(23-2)6-7-16(14)24-3/h6-7,9,11,15H,4-5,8,10H2,1-3H3,(H,19,22). The lowest BCUT2D eigenvalue weighted by molar-refractivity contribution is 0.191. The van der Waals surface area contributed by atoms with Gasteiger partial charge in [0.25, 0.3) is 0 Å². The second-order valence-corrected chi connectivity index (χ2v) is 6.94. The topological polar surface area (TPSA) is 63.7 Å². The van der Waals surface area contributed by atoms with Gasteiger partial charge in [-0.25, -0.2) is 9.78 Å². The van der Waals surface area contributed by atoms with Gasteiger partial charge in [-0.1, -0.05) is 0 Å². The number of aromatic nitrogens is 1. The van der Waals surface area contributed by atoms with E-state index in [4.69, 9.17) is 9.47 Å². The highest BCUT2D eigenvalue weighted by atomic mass is 32.1. The third kappa shape index (κ3) is 3.87. The number of aryl methyl sites for hydroxylation is 1. The number of likely N-dealkylation sites (tertiary alicyclic amines) is 1. The molecule has 0 saturated carbocycles. The summed E-state index contributed by atoms with van der Waals surface area (Å²) in [6, 6.07) is 5.63. The summed E-state index contributed by atoms with van der Waals surface area (Å²) >= 11 is 1.56. The first-order valence-corrected chi connectivity index (χ1v) is 9.17. The van der Waals surface area contributed by atoms with Crippen LogP contribution in [0.2, 0.25) is 0 Å². The van der Waals surface area contributed by atoms with Gasteiger partial charge in [-0.3, -0.25) is 0 Å². The Hall–Kier alpha value is -2.28. The number of hydrogen-bond donors (Lipinski definition) is 1. The van der Waals surface area contributed by atoms with Crippen molar-refractivity contribution in [1.82, 2.24) is 15.2 Å². The van der Waals surface area contributed by atoms with E-state index in [1.165, 1.54) is 0 Å². The first-order valence-electron chi connectivity index (χ1n) is 8.29. The highest BCUT2D eigenvalue weighted by Gasteiger charge is 2.32. The zero-order chi connectivity index (χ0) is 17.8. The smallest absolute Gasteiger partial charge is 0.318 e. The number of amides is 2. The summed E-state index contributed by atoms with van der Waals surface area (Å²) in [5, 5.41) is 5.89. The van der Waals surface area contributed by atoms with Crippen molar-refractivity contribution in [2.24, 2.45) is 0 Å². The maximum absolute atomic E-state index is 12.7. The van der Waals surface area contributed by atoms with Gasteiger partial charge < -0.3 is 19.7 Å². The van der Waals surface area contributed by atoms with E-state index in [1.807, 2.05) is 35.4 Å². The monoisotopic (exact) mass is 361 g/mol. The maximum atomic E-state index is 12.7. The molecule has 2 heterocycles. The third-order valence-corrected chi connectivity index (χ3v) is 5.33. The van der Waals surface area contributed by atoms with Gasteiger partial charge in [0.2, 0.25) is 0 Å². The van der Waals surface area contributed by atoms with Crippen molar-refractivity contribution < 1.29 is 14.3 Å². The second-order valence-electron chi connectivity index (χ2n) is 6.00. The van der Waals surface area contributed by atoms with Gasteiger partial charge in [-0.2, -0.15) is 0 Å². The number of carbonyl (C=O) groups excluding carboxylic acids is 1. The van der Waals surface area contributed by atoms with Crippen LogP contribution in [0.4, 0.5) is 4.79 Å². The lowest BCUT2D eigenvalue weighted by Crippen LogP contribution is -2.39. The Labute approximate surface area is 151 Å². The predicted octanol–water partition coefficient (Wildman–Crippen LogP) is 3.52. The molecule has 1 aliphatic rings. The minimum absolute atomic E-state index is 0.0110. The minimum atomic E-state index is -0.0692. The van der Waals surface area contributed by atoms with E-state index in [0.29, 0.717) is 6.54 Å². The Morgan fingerprint density at radius 1 is 1.40 bits per heavy atom. The number of ether oxygens (including phenoxy) is 2. The molecule has 0 radical (unpaired) electrons. The zero-order valence-electron chi connectivity index (χ0n) is 14.7. The average Bonchev–Trinajstić information content (AvgIpc) is 3.28. The van der Waals surface area contributed by atoms with Crippen LogP contribution in [-0.4, -0.2) is 36.7 Å². The fourth-order valence-electron chi connectivity index (χ4n) is 3.17. The van der Waals surface area contributed by atoms with Gasteiger partial charge >= 0.3 is 6.03 Å². The van der Waals surface area contributed by atoms with E-state index in [1.54, 1.807) is 25.6 Å². The summed E-state index contributed by atoms with van der Waals surface area (Å²) in [5.41, 5.74) is 1.97. The quantitative estimate of drug-likeness (QED) is 0.885. The summed E-state index contributed by atoms with van der Waals surface area (Å²) < 4.78 is 10.8. The van der Waals surface area contributed by atoms with Crippen molar-refractivity contribution in [3.05, 3.63) is 39.8 Å². The molecule has 0 spiro atoms. The zero-order valence-corrected chi connectivity index (χ0v) is 15.6. The van der Waals surface area contributed by atoms with Crippen LogP contribution in [0.5, 0.6) is 11.5 Å². The number of nitrogens with zero attached hydrogens (tertiary/aromatic N) is 2. The van der Waals surface area contributed by atoms with Crippen LogP contribution in [0.1, 0.15) is 35.1 Å². The number of thiazole rings is 1. The number of nitrogens with one attached hydrogen (secondary N) is 1. The fraction of sp³-hybridized carbons (Fsp3) is 0.444. The van der Waals surface area contributed by atoms with Gasteiger partial charge in [-0.15, -0.1) is 11.3 Å². The molecule has 1 saturated heterocycles. The summed E-state index contributed by atoms with van der Waals surface area (Å²) in [6.45, 7) is 3.14. The van der Waals surface area contributed by atoms with E-state index in [2.05, 4.69) is 10.3 Å². The molecule has 1 atom stereocenters. The van der Waals surface area contributed by atoms with Gasteiger partial charge in [0.05, 0.1) is 26.8 Å². The molecule has 0 aliphatic carbocycles. The van der Waals surface area contributed by atoms with Crippen molar-refractivity contribution in [2.75, 3.05) is 20.8 Å². The molecule has 1 N–H and O–H groups in total. The highest BCUT2D eigenvalue weighted by Crippen LogP contribution is 2.38. The van der Waals surface area contributed by atoms with Gasteiger partial charge in [0, 0.05) is 23.2 Å². The van der Waals surface area contributed by atoms with Crippen LogP contribution in [0.25, 0.3) is 0 Å². The van der Waals surface area contributed by atoms with Gasteiger partial charge in [0.1, 0.15) is 16.5 Å². The molecule has 2 amide bonds. The van der Waals surface area contributed by atoms with Crippen molar-refractivity contribution in [3.8, 4) is 11.5 Å². The van der Waals surface area contributed by atoms with Crippen molar-refractivity contribution in [2.45, 2.75) is 32.4 Å². The van der Waals surface area contributed by atoms with Crippen LogP contribution < -0.4 is 14.8 Å². The molecule has 6 nitrogen and oxygen atoms in total. The van der Waals surface area contributed by atoms with E-state index in [9.17, 15) is 4.79 Å². The Morgan fingerprint density at radius 3 is 2.92 bits per heavy atom. The normalized spacial score (nSPS) is 16.8. The number of hydrogen-bond acceptors (Lipinski definition) is 5. The largest absolute Gasteiger partial charge is 0.497 e. The Kier molecular flexibility index (Phi) is 5.43. The first-order chi connectivity index (χ1) is 12.1. The molecule has 2 aromatic rings. The molecule has 1 aliphatic heterocycles. The summed E-state index contributed by atoms with van der Waals surface area (Å²) in [6.07, 6.45) is 1.88. The molecule has 1 aromatic carbocycles. The summed E-state index contributed by atoms with van der Waals surface area (Å²) in [4.78, 5) is 18.9. The van der Waals surface area contributed by atoms with Crippen molar-refractivity contribution in [3.63, 3.8) is 0 Å². The van der Waals surface area contributed by atoms with Crippen LogP contribution >= 0.6 is 11.3 Å². The van der Waals surface area contributed by atoms with Crippen LogP contribution in [-0.2, 0) is 6.54 Å². The van der Waals surface area contributed by atoms with Gasteiger partial charge in [-0.05, 0) is 38.0 Å². The molecule has 1 fully saturated rings. The van der Waals surface area contributed by atoms with Crippen LogP contribution in [0.3, 0.4) is 0 Å². The molecule has 25 heavy (non-hydrogen) atoms. The minimum Gasteiger partial charge on any atom is -0.497 e. The van der Waals surface area contributed by atoms with E-state index in [0.717, 1.165) is 47.2 Å². The number of rotatable bonds is 5. The molecule has 134 valence electrons. The lowest BCUT2D eigenvalue weighted by atomic mass is 10.0. The molecule has 1 unspecified atom stereocenters. The average molecular weight is 361 g/mol. The highest BCUT2D eigenvalue weighted by molar-refractivity contribution is 7.09. The second kappa shape index (κ2) is 7.74. The van der Waals surface area contributed by atoms with Crippen molar-refractivity contribution in [1.29, 1.82) is 0 Å². The Morgan fingerprint density at radius 2 is 2.24 bits per heavy atom. The van der Waals surface area contributed by atoms with E-state index < -0.39 is 0 Å². The van der Waals surface area contributed by atoms with E-state index in [-0.39, 0.29) is 12.1 Å². The van der Waals surface area contributed by atoms with E-state index >= 15 is 0 Å². The molecule has 1 aromatic heterocycles. The fourth-order valence-corrected chi connectivity index (χ4v) is 3.88. The molecular formula is C18H23N3O3S.